The molecule has 0 amide bonds. The van der Waals surface area contributed by atoms with Gasteiger partial charge in [-0.15, -0.1) is 0 Å². The SMILES string of the molecule is CCc1n[nH]c(=S)n1-c1cccc(Cl)c1Cl. The highest BCUT2D eigenvalue weighted by molar-refractivity contribution is 7.71. The molecular weight excluding hydrogens is 265 g/mol. The lowest BCUT2D eigenvalue weighted by Gasteiger charge is -2.08. The molecule has 0 aliphatic rings. The van der Waals surface area contributed by atoms with Crippen LogP contribution in [0.25, 0.3) is 5.69 Å². The van der Waals surface area contributed by atoms with Crippen molar-refractivity contribution in [1.82, 2.24) is 14.8 Å². The van der Waals surface area contributed by atoms with Gasteiger partial charge in [0.25, 0.3) is 0 Å². The van der Waals surface area contributed by atoms with Gasteiger partial charge in [0.15, 0.2) is 4.77 Å². The van der Waals surface area contributed by atoms with E-state index in [1.807, 2.05) is 19.1 Å². The van der Waals surface area contributed by atoms with E-state index in [0.29, 0.717) is 14.8 Å². The van der Waals surface area contributed by atoms with Crippen molar-refractivity contribution in [3.8, 4) is 5.69 Å². The molecule has 0 saturated heterocycles. The number of aromatic amines is 1. The first-order chi connectivity index (χ1) is 7.65. The summed E-state index contributed by atoms with van der Waals surface area (Å²) in [5, 5.41) is 7.86. The Hall–Kier alpha value is -0.840. The molecule has 1 aromatic heterocycles. The van der Waals surface area contributed by atoms with Gasteiger partial charge in [0, 0.05) is 6.42 Å². The molecule has 1 heterocycles. The number of hydrogen-bond acceptors (Lipinski definition) is 2. The first-order valence-electron chi connectivity index (χ1n) is 4.75. The Morgan fingerprint density at radius 3 is 2.88 bits per heavy atom. The third kappa shape index (κ3) is 1.88. The predicted octanol–water partition coefficient (Wildman–Crippen LogP) is 3.80. The summed E-state index contributed by atoms with van der Waals surface area (Å²) in [5.74, 6) is 0.828. The van der Waals surface area contributed by atoms with Crippen LogP contribution in [0.5, 0.6) is 0 Å². The monoisotopic (exact) mass is 273 g/mol. The normalized spacial score (nSPS) is 10.7. The summed E-state index contributed by atoms with van der Waals surface area (Å²) in [6, 6.07) is 5.43. The van der Waals surface area contributed by atoms with E-state index in [4.69, 9.17) is 35.4 Å². The van der Waals surface area contributed by atoms with E-state index in [2.05, 4.69) is 10.2 Å². The van der Waals surface area contributed by atoms with Crippen LogP contribution < -0.4 is 0 Å². The molecule has 16 heavy (non-hydrogen) atoms. The molecule has 2 aromatic rings. The highest BCUT2D eigenvalue weighted by Crippen LogP contribution is 2.29. The number of aromatic nitrogens is 3. The quantitative estimate of drug-likeness (QED) is 0.845. The Labute approximate surface area is 108 Å². The molecule has 0 aliphatic heterocycles. The Balaban J connectivity index is 2.72. The van der Waals surface area contributed by atoms with Crippen LogP contribution in [0.1, 0.15) is 12.7 Å². The first-order valence-corrected chi connectivity index (χ1v) is 5.92. The lowest BCUT2D eigenvalue weighted by molar-refractivity contribution is 0.880. The van der Waals surface area contributed by atoms with Crippen LogP contribution >= 0.6 is 35.4 Å². The Morgan fingerprint density at radius 1 is 1.44 bits per heavy atom. The smallest absolute Gasteiger partial charge is 0.199 e. The summed E-state index contributed by atoms with van der Waals surface area (Å²) in [6.07, 6.45) is 0.760. The van der Waals surface area contributed by atoms with Crippen molar-refractivity contribution in [2.24, 2.45) is 0 Å². The van der Waals surface area contributed by atoms with Gasteiger partial charge in [0.2, 0.25) is 0 Å². The van der Waals surface area contributed by atoms with Crippen molar-refractivity contribution in [3.05, 3.63) is 38.8 Å². The molecule has 0 aliphatic carbocycles. The van der Waals surface area contributed by atoms with E-state index < -0.39 is 0 Å². The van der Waals surface area contributed by atoms with Crippen molar-refractivity contribution in [1.29, 1.82) is 0 Å². The second-order valence-electron chi connectivity index (χ2n) is 3.21. The van der Waals surface area contributed by atoms with Crippen molar-refractivity contribution in [2.75, 3.05) is 0 Å². The third-order valence-electron chi connectivity index (χ3n) is 2.23. The molecule has 84 valence electrons. The van der Waals surface area contributed by atoms with Crippen molar-refractivity contribution < 1.29 is 0 Å². The van der Waals surface area contributed by atoms with Gasteiger partial charge in [-0.1, -0.05) is 36.2 Å². The van der Waals surface area contributed by atoms with E-state index in [1.54, 1.807) is 10.6 Å². The summed E-state index contributed by atoms with van der Waals surface area (Å²) in [4.78, 5) is 0. The molecule has 2 rings (SSSR count). The summed E-state index contributed by atoms with van der Waals surface area (Å²) in [5.41, 5.74) is 0.754. The molecule has 0 radical (unpaired) electrons. The topological polar surface area (TPSA) is 33.6 Å². The maximum Gasteiger partial charge on any atom is 0.199 e. The highest BCUT2D eigenvalue weighted by atomic mass is 35.5. The van der Waals surface area contributed by atoms with Gasteiger partial charge in [0.1, 0.15) is 5.82 Å². The first kappa shape index (κ1) is 11.6. The van der Waals surface area contributed by atoms with E-state index in [0.717, 1.165) is 17.9 Å². The number of benzene rings is 1. The van der Waals surface area contributed by atoms with E-state index in [9.17, 15) is 0 Å². The highest BCUT2D eigenvalue weighted by Gasteiger charge is 2.11. The molecule has 0 fully saturated rings. The minimum absolute atomic E-state index is 0.483. The van der Waals surface area contributed by atoms with Gasteiger partial charge >= 0.3 is 0 Å². The average molecular weight is 274 g/mol. The van der Waals surface area contributed by atoms with Gasteiger partial charge in [-0.2, -0.15) is 5.10 Å². The second-order valence-corrected chi connectivity index (χ2v) is 4.38. The predicted molar refractivity (Wildman–Crippen MR) is 68.1 cm³/mol. The van der Waals surface area contributed by atoms with Crippen LogP contribution in [0.4, 0.5) is 0 Å². The van der Waals surface area contributed by atoms with Crippen LogP contribution in [-0.4, -0.2) is 14.8 Å². The summed E-state index contributed by atoms with van der Waals surface area (Å²) < 4.78 is 2.31. The standard InChI is InChI=1S/C10H9Cl2N3S/c1-2-8-13-14-10(16)15(8)7-5-3-4-6(11)9(7)12/h3-5H,2H2,1H3,(H,14,16). The van der Waals surface area contributed by atoms with Crippen LogP contribution in [0, 0.1) is 4.77 Å². The van der Waals surface area contributed by atoms with Gasteiger partial charge in [-0.25, -0.2) is 0 Å². The minimum Gasteiger partial charge on any atom is -0.271 e. The van der Waals surface area contributed by atoms with Crippen LogP contribution in [0.3, 0.4) is 0 Å². The average Bonchev–Trinajstić information content (AvgIpc) is 2.64. The van der Waals surface area contributed by atoms with Crippen molar-refractivity contribution >= 4 is 35.4 Å². The fourth-order valence-corrected chi connectivity index (χ4v) is 2.11. The molecular formula is C10H9Cl2N3S. The van der Waals surface area contributed by atoms with Crippen LogP contribution in [-0.2, 0) is 6.42 Å². The van der Waals surface area contributed by atoms with Crippen molar-refractivity contribution in [3.63, 3.8) is 0 Å². The molecule has 0 unspecified atom stereocenters. The zero-order chi connectivity index (χ0) is 11.7. The number of halogens is 2. The summed E-state index contributed by atoms with van der Waals surface area (Å²) >= 11 is 17.3. The van der Waals surface area contributed by atoms with E-state index >= 15 is 0 Å². The minimum atomic E-state index is 0.483. The molecule has 0 spiro atoms. The van der Waals surface area contributed by atoms with Gasteiger partial charge in [0.05, 0.1) is 15.7 Å². The van der Waals surface area contributed by atoms with Crippen LogP contribution in [0.15, 0.2) is 18.2 Å². The molecule has 3 nitrogen and oxygen atoms in total. The lowest BCUT2D eigenvalue weighted by Crippen LogP contribution is -2.01. The molecule has 0 bridgehead atoms. The van der Waals surface area contributed by atoms with Gasteiger partial charge in [-0.3, -0.25) is 9.67 Å². The second kappa shape index (κ2) is 4.57. The van der Waals surface area contributed by atoms with Gasteiger partial charge < -0.3 is 0 Å². The lowest BCUT2D eigenvalue weighted by atomic mass is 10.3. The number of nitrogens with zero attached hydrogens (tertiary/aromatic N) is 2. The molecule has 0 saturated carbocycles. The number of rotatable bonds is 2. The maximum absolute atomic E-state index is 6.14. The molecule has 6 heteroatoms. The zero-order valence-corrected chi connectivity index (χ0v) is 10.8. The summed E-state index contributed by atoms with van der Waals surface area (Å²) in [7, 11) is 0. The number of nitrogens with one attached hydrogen (secondary N) is 1. The Morgan fingerprint density at radius 2 is 2.19 bits per heavy atom. The Bertz CT molecular complexity index is 574. The van der Waals surface area contributed by atoms with Crippen LogP contribution in [0.2, 0.25) is 10.0 Å². The van der Waals surface area contributed by atoms with Gasteiger partial charge in [-0.05, 0) is 24.4 Å². The fraction of sp³-hybridized carbons (Fsp3) is 0.200. The summed E-state index contributed by atoms with van der Waals surface area (Å²) in [6.45, 7) is 2.00. The number of H-pyrrole nitrogens is 1. The van der Waals surface area contributed by atoms with E-state index in [1.165, 1.54) is 0 Å². The number of hydrogen-bond donors (Lipinski definition) is 1. The fourth-order valence-electron chi connectivity index (χ4n) is 1.48. The maximum atomic E-state index is 6.14. The van der Waals surface area contributed by atoms with Crippen molar-refractivity contribution in [2.45, 2.75) is 13.3 Å². The van der Waals surface area contributed by atoms with E-state index in [-0.39, 0.29) is 0 Å². The zero-order valence-electron chi connectivity index (χ0n) is 8.50. The Kier molecular flexibility index (Phi) is 3.33. The number of aryl methyl sites for hydroxylation is 1. The molecule has 0 atom stereocenters. The molecule has 1 aromatic carbocycles. The third-order valence-corrected chi connectivity index (χ3v) is 3.31. The largest absolute Gasteiger partial charge is 0.271 e. The molecule has 1 N–H and O–H groups in total.